The molecule has 0 saturated carbocycles. The molecule has 2 aromatic heterocycles. The first-order valence-electron chi connectivity index (χ1n) is 5.78. The van der Waals surface area contributed by atoms with E-state index >= 15 is 0 Å². The van der Waals surface area contributed by atoms with Gasteiger partial charge in [0.2, 0.25) is 0 Å². The highest BCUT2D eigenvalue weighted by atomic mass is 79.9. The van der Waals surface area contributed by atoms with E-state index in [1.807, 2.05) is 12.1 Å². The lowest BCUT2D eigenvalue weighted by Gasteiger charge is -2.10. The smallest absolute Gasteiger partial charge is 0.145 e. The molecule has 2 heterocycles. The molecule has 0 atom stereocenters. The maximum atomic E-state index is 7.39. The first-order chi connectivity index (χ1) is 9.69. The molecule has 0 aromatic carbocycles. The van der Waals surface area contributed by atoms with Gasteiger partial charge in [-0.25, -0.2) is 4.98 Å². The topological polar surface area (TPSA) is 84.9 Å². The second-order valence-electron chi connectivity index (χ2n) is 3.91. The second kappa shape index (κ2) is 6.29. The van der Waals surface area contributed by atoms with Crippen molar-refractivity contribution in [1.29, 1.82) is 5.41 Å². The molecule has 0 aliphatic heterocycles. The van der Waals surface area contributed by atoms with Crippen LogP contribution in [-0.4, -0.2) is 23.3 Å². The predicted molar refractivity (Wildman–Crippen MR) is 82.7 cm³/mol. The van der Waals surface area contributed by atoms with Gasteiger partial charge in [0, 0.05) is 40.4 Å². The Kier molecular flexibility index (Phi) is 4.47. The van der Waals surface area contributed by atoms with Gasteiger partial charge in [0.1, 0.15) is 11.4 Å². The number of allylic oxidation sites excluding steroid dienone is 1. The van der Waals surface area contributed by atoms with Gasteiger partial charge in [-0.1, -0.05) is 0 Å². The maximum Gasteiger partial charge on any atom is 0.145 e. The van der Waals surface area contributed by atoms with E-state index in [0.717, 1.165) is 21.9 Å². The van der Waals surface area contributed by atoms with Crippen LogP contribution in [0.5, 0.6) is 5.75 Å². The average molecular weight is 333 g/mol. The molecule has 0 saturated heterocycles. The molecule has 2 rings (SSSR count). The van der Waals surface area contributed by atoms with Crippen molar-refractivity contribution in [2.45, 2.75) is 0 Å². The Labute approximate surface area is 125 Å². The van der Waals surface area contributed by atoms with Gasteiger partial charge in [-0.3, -0.25) is 4.98 Å². The zero-order valence-electron chi connectivity index (χ0n) is 10.8. The highest BCUT2D eigenvalue weighted by Crippen LogP contribution is 2.27. The zero-order chi connectivity index (χ0) is 14.5. The van der Waals surface area contributed by atoms with Crippen LogP contribution >= 0.6 is 15.9 Å². The molecule has 0 amide bonds. The van der Waals surface area contributed by atoms with Crippen LogP contribution < -0.4 is 10.5 Å². The van der Waals surface area contributed by atoms with Gasteiger partial charge < -0.3 is 15.9 Å². The van der Waals surface area contributed by atoms with Crippen LogP contribution in [0.2, 0.25) is 0 Å². The third-order valence-corrected chi connectivity index (χ3v) is 3.12. The van der Waals surface area contributed by atoms with E-state index in [2.05, 4.69) is 25.9 Å². The second-order valence-corrected chi connectivity index (χ2v) is 4.82. The van der Waals surface area contributed by atoms with Crippen LogP contribution in [-0.2, 0) is 0 Å². The third-order valence-electron chi connectivity index (χ3n) is 2.69. The number of nitrogens with two attached hydrogens (primary N) is 1. The van der Waals surface area contributed by atoms with Gasteiger partial charge >= 0.3 is 0 Å². The van der Waals surface area contributed by atoms with E-state index in [4.69, 9.17) is 15.9 Å². The fourth-order valence-electron chi connectivity index (χ4n) is 1.73. The van der Waals surface area contributed by atoms with Crippen molar-refractivity contribution in [1.82, 2.24) is 9.97 Å². The summed E-state index contributed by atoms with van der Waals surface area (Å²) in [5, 5.41) is 7.39. The summed E-state index contributed by atoms with van der Waals surface area (Å²) in [7, 11) is 1.55. The standard InChI is InChI=1S/C14H13BrN4O/c1-20-13-3-2-12(9-4-11(15)8-18-7-9)19-14(13)10(5-16)6-17/h2-8,16H,17H2,1H3/b10-6+,16-5?. The number of pyridine rings is 2. The Morgan fingerprint density at radius 2 is 2.20 bits per heavy atom. The molecular formula is C14H13BrN4O. The van der Waals surface area contributed by atoms with E-state index < -0.39 is 0 Å². The fourth-order valence-corrected chi connectivity index (χ4v) is 2.09. The van der Waals surface area contributed by atoms with Gasteiger partial charge in [0.25, 0.3) is 0 Å². The lowest BCUT2D eigenvalue weighted by atomic mass is 10.1. The summed E-state index contributed by atoms with van der Waals surface area (Å²) in [5.74, 6) is 0.567. The van der Waals surface area contributed by atoms with Crippen molar-refractivity contribution in [2.24, 2.45) is 5.73 Å². The molecule has 0 bridgehead atoms. The molecular weight excluding hydrogens is 320 g/mol. The van der Waals surface area contributed by atoms with Gasteiger partial charge in [0.15, 0.2) is 0 Å². The highest BCUT2D eigenvalue weighted by molar-refractivity contribution is 9.10. The number of nitrogens with one attached hydrogen (secondary N) is 1. The maximum absolute atomic E-state index is 7.39. The summed E-state index contributed by atoms with van der Waals surface area (Å²) < 4.78 is 6.13. The van der Waals surface area contributed by atoms with E-state index in [1.165, 1.54) is 6.20 Å². The molecule has 3 N–H and O–H groups in total. The minimum absolute atomic E-state index is 0.492. The van der Waals surface area contributed by atoms with Crippen molar-refractivity contribution >= 4 is 27.7 Å². The molecule has 2 aromatic rings. The third kappa shape index (κ3) is 2.85. The quantitative estimate of drug-likeness (QED) is 0.843. The number of hydrogen-bond acceptors (Lipinski definition) is 5. The average Bonchev–Trinajstić information content (AvgIpc) is 2.48. The predicted octanol–water partition coefficient (Wildman–Crippen LogP) is 2.86. The molecule has 102 valence electrons. The van der Waals surface area contributed by atoms with Gasteiger partial charge in [-0.2, -0.15) is 0 Å². The number of halogens is 1. The Balaban J connectivity index is 2.58. The molecule has 0 radical (unpaired) electrons. The Morgan fingerprint density at radius 3 is 2.80 bits per heavy atom. The molecule has 20 heavy (non-hydrogen) atoms. The van der Waals surface area contributed by atoms with Gasteiger partial charge in [0.05, 0.1) is 12.8 Å². The van der Waals surface area contributed by atoms with Crippen molar-refractivity contribution in [3.8, 4) is 17.0 Å². The van der Waals surface area contributed by atoms with Crippen LogP contribution in [0.15, 0.2) is 41.3 Å². The van der Waals surface area contributed by atoms with Crippen molar-refractivity contribution in [3.63, 3.8) is 0 Å². The number of rotatable bonds is 4. The van der Waals surface area contributed by atoms with Crippen LogP contribution in [0.4, 0.5) is 0 Å². The molecule has 5 nitrogen and oxygen atoms in total. The summed E-state index contributed by atoms with van der Waals surface area (Å²) in [6.45, 7) is 0. The van der Waals surface area contributed by atoms with Gasteiger partial charge in [-0.15, -0.1) is 0 Å². The number of nitrogens with zero attached hydrogens (tertiary/aromatic N) is 2. The fraction of sp³-hybridized carbons (Fsp3) is 0.0714. The lowest BCUT2D eigenvalue weighted by Crippen LogP contribution is -2.00. The van der Waals surface area contributed by atoms with Crippen molar-refractivity contribution in [2.75, 3.05) is 7.11 Å². The first-order valence-corrected chi connectivity index (χ1v) is 6.57. The monoisotopic (exact) mass is 332 g/mol. The van der Waals surface area contributed by atoms with E-state index in [1.54, 1.807) is 25.6 Å². The minimum atomic E-state index is 0.492. The number of aromatic nitrogens is 2. The summed E-state index contributed by atoms with van der Waals surface area (Å²) in [4.78, 5) is 8.63. The van der Waals surface area contributed by atoms with Crippen molar-refractivity contribution in [3.05, 3.63) is 47.0 Å². The van der Waals surface area contributed by atoms with E-state index in [-0.39, 0.29) is 0 Å². The van der Waals surface area contributed by atoms with E-state index in [9.17, 15) is 0 Å². The number of hydrogen-bond donors (Lipinski definition) is 2. The Morgan fingerprint density at radius 1 is 1.40 bits per heavy atom. The largest absolute Gasteiger partial charge is 0.494 e. The summed E-state index contributed by atoms with van der Waals surface area (Å²) in [6.07, 6.45) is 5.91. The first kappa shape index (κ1) is 14.2. The normalized spacial score (nSPS) is 11.2. The molecule has 0 fully saturated rings. The number of methoxy groups -OCH3 is 1. The SMILES string of the molecule is COc1ccc(-c2cncc(Br)c2)nc1/C(C=N)=C/N. The molecule has 0 spiro atoms. The number of ether oxygens (including phenoxy) is 1. The molecule has 0 unspecified atom stereocenters. The Hall–Kier alpha value is -2.21. The zero-order valence-corrected chi connectivity index (χ0v) is 12.4. The lowest BCUT2D eigenvalue weighted by molar-refractivity contribution is 0.411. The van der Waals surface area contributed by atoms with Crippen LogP contribution in [0, 0.1) is 5.41 Å². The van der Waals surface area contributed by atoms with E-state index in [0.29, 0.717) is 17.0 Å². The summed E-state index contributed by atoms with van der Waals surface area (Å²) in [5.41, 5.74) is 8.14. The van der Waals surface area contributed by atoms with Crippen LogP contribution in [0.1, 0.15) is 5.69 Å². The molecule has 6 heteroatoms. The summed E-state index contributed by atoms with van der Waals surface area (Å²) >= 11 is 3.38. The van der Waals surface area contributed by atoms with Crippen LogP contribution in [0.3, 0.4) is 0 Å². The molecule has 0 aliphatic rings. The minimum Gasteiger partial charge on any atom is -0.494 e. The van der Waals surface area contributed by atoms with Gasteiger partial charge in [-0.05, 0) is 34.1 Å². The van der Waals surface area contributed by atoms with Crippen molar-refractivity contribution < 1.29 is 4.74 Å². The Bertz CT molecular complexity index is 670. The molecule has 0 aliphatic carbocycles. The van der Waals surface area contributed by atoms with Crippen LogP contribution in [0.25, 0.3) is 16.8 Å². The summed E-state index contributed by atoms with van der Waals surface area (Å²) in [6, 6.07) is 5.55. The highest BCUT2D eigenvalue weighted by Gasteiger charge is 2.11.